The number of aromatic nitrogens is 1. The van der Waals surface area contributed by atoms with Crippen molar-refractivity contribution >= 4 is 22.8 Å². The van der Waals surface area contributed by atoms with Crippen molar-refractivity contribution in [1.29, 1.82) is 5.26 Å². The number of para-hydroxylation sites is 1. The largest absolute Gasteiger partial charge is 0.479 e. The smallest absolute Gasteiger partial charge is 0.333 e. The Morgan fingerprint density at radius 2 is 1.58 bits per heavy atom. The first-order valence-corrected chi connectivity index (χ1v) is 10.4. The highest BCUT2D eigenvalue weighted by molar-refractivity contribution is 6.10. The number of nitrogens with zero attached hydrogens (tertiary/aromatic N) is 2. The Balaban J connectivity index is 1.94. The molecule has 6 nitrogen and oxygen atoms in total. The summed E-state index contributed by atoms with van der Waals surface area (Å²) in [6.45, 7) is 1.45. The molecule has 2 N–H and O–H groups in total. The summed E-state index contributed by atoms with van der Waals surface area (Å²) < 4.78 is 0. The zero-order valence-electron chi connectivity index (χ0n) is 17.9. The zero-order chi connectivity index (χ0) is 23.4. The van der Waals surface area contributed by atoms with Crippen LogP contribution in [0.5, 0.6) is 0 Å². The fourth-order valence-electron chi connectivity index (χ4n) is 3.91. The number of amides is 1. The topological polar surface area (TPSA) is 103 Å². The number of nitrogens with one attached hydrogen (secondary N) is 1. The standard InChI is InChI=1S/C27H21N3O3/c1-27(26(32)33,19-12-6-3-7-13-19)30-25(31)23-20-14-8-9-15-22(20)29-24(21(23)16-17-28)18-10-4-2-5-11-18/h2-15H,16H2,1H3,(H,30,31)(H,32,33). The van der Waals surface area contributed by atoms with E-state index in [9.17, 15) is 20.0 Å². The van der Waals surface area contributed by atoms with Gasteiger partial charge in [0.05, 0.1) is 29.3 Å². The van der Waals surface area contributed by atoms with Gasteiger partial charge in [-0.1, -0.05) is 78.9 Å². The molecule has 162 valence electrons. The third kappa shape index (κ3) is 4.04. The lowest BCUT2D eigenvalue weighted by Crippen LogP contribution is -2.49. The molecular weight excluding hydrogens is 414 g/mol. The van der Waals surface area contributed by atoms with Gasteiger partial charge in [0, 0.05) is 16.5 Å². The number of hydrogen-bond acceptors (Lipinski definition) is 4. The van der Waals surface area contributed by atoms with E-state index < -0.39 is 17.4 Å². The van der Waals surface area contributed by atoms with Crippen LogP contribution < -0.4 is 5.32 Å². The van der Waals surface area contributed by atoms with Gasteiger partial charge in [0.25, 0.3) is 5.91 Å². The van der Waals surface area contributed by atoms with Crippen molar-refractivity contribution in [3.63, 3.8) is 0 Å². The van der Waals surface area contributed by atoms with E-state index in [1.165, 1.54) is 6.92 Å². The normalized spacial score (nSPS) is 12.5. The molecule has 1 aromatic heterocycles. The number of benzene rings is 3. The Morgan fingerprint density at radius 3 is 2.21 bits per heavy atom. The lowest BCUT2D eigenvalue weighted by atomic mass is 9.90. The van der Waals surface area contributed by atoms with Crippen LogP contribution in [0, 0.1) is 11.3 Å². The third-order valence-corrected chi connectivity index (χ3v) is 5.67. The Kier molecular flexibility index (Phi) is 5.88. The van der Waals surface area contributed by atoms with Crippen molar-refractivity contribution in [2.75, 3.05) is 0 Å². The number of nitriles is 1. The van der Waals surface area contributed by atoms with Gasteiger partial charge < -0.3 is 10.4 Å². The van der Waals surface area contributed by atoms with Crippen LogP contribution in [0.15, 0.2) is 84.9 Å². The minimum Gasteiger partial charge on any atom is -0.479 e. The monoisotopic (exact) mass is 435 g/mol. The van der Waals surface area contributed by atoms with E-state index in [4.69, 9.17) is 4.98 Å². The SMILES string of the molecule is CC(NC(=O)c1c(CC#N)c(-c2ccccc2)nc2ccccc12)(C(=O)O)c1ccccc1. The maximum atomic E-state index is 13.7. The van der Waals surface area contributed by atoms with E-state index in [2.05, 4.69) is 11.4 Å². The first kappa shape index (κ1) is 21.7. The summed E-state index contributed by atoms with van der Waals surface area (Å²) in [6.07, 6.45) is -0.0556. The van der Waals surface area contributed by atoms with Gasteiger partial charge in [-0.15, -0.1) is 0 Å². The highest BCUT2D eigenvalue weighted by Gasteiger charge is 2.38. The van der Waals surface area contributed by atoms with E-state index >= 15 is 0 Å². The molecule has 3 aromatic carbocycles. The summed E-state index contributed by atoms with van der Waals surface area (Å²) in [5, 5.41) is 22.9. The van der Waals surface area contributed by atoms with E-state index in [-0.39, 0.29) is 12.0 Å². The molecule has 0 aliphatic heterocycles. The Bertz CT molecular complexity index is 1380. The fourth-order valence-corrected chi connectivity index (χ4v) is 3.91. The summed E-state index contributed by atoms with van der Waals surface area (Å²) >= 11 is 0. The number of carbonyl (C=O) groups is 2. The molecule has 1 unspecified atom stereocenters. The van der Waals surface area contributed by atoms with Crippen molar-refractivity contribution in [3.05, 3.63) is 102 Å². The van der Waals surface area contributed by atoms with Gasteiger partial charge in [0.15, 0.2) is 5.54 Å². The fraction of sp³-hybridized carbons (Fsp3) is 0.111. The second-order valence-electron chi connectivity index (χ2n) is 7.78. The number of carboxylic acids is 1. The summed E-state index contributed by atoms with van der Waals surface area (Å²) in [5.74, 6) is -1.77. The molecule has 1 atom stereocenters. The van der Waals surface area contributed by atoms with Crippen LogP contribution in [0.3, 0.4) is 0 Å². The minimum absolute atomic E-state index is 0.0556. The van der Waals surface area contributed by atoms with Crippen LogP contribution in [0.2, 0.25) is 0 Å². The maximum absolute atomic E-state index is 13.7. The van der Waals surface area contributed by atoms with Crippen molar-refractivity contribution in [2.24, 2.45) is 0 Å². The van der Waals surface area contributed by atoms with Gasteiger partial charge >= 0.3 is 5.97 Å². The summed E-state index contributed by atoms with van der Waals surface area (Å²) in [5.41, 5.74) is 1.36. The van der Waals surface area contributed by atoms with E-state index in [0.717, 1.165) is 5.56 Å². The van der Waals surface area contributed by atoms with Crippen LogP contribution >= 0.6 is 0 Å². The predicted octanol–water partition coefficient (Wildman–Crippen LogP) is 4.70. The number of fused-ring (bicyclic) bond motifs is 1. The van der Waals surface area contributed by atoms with Crippen molar-refractivity contribution in [2.45, 2.75) is 18.9 Å². The van der Waals surface area contributed by atoms with Crippen LogP contribution in [-0.4, -0.2) is 22.0 Å². The molecule has 0 fully saturated rings. The highest BCUT2D eigenvalue weighted by atomic mass is 16.4. The Hall–Kier alpha value is -4.50. The Morgan fingerprint density at radius 1 is 0.970 bits per heavy atom. The quantitative estimate of drug-likeness (QED) is 0.457. The number of carbonyl (C=O) groups excluding carboxylic acids is 1. The van der Waals surface area contributed by atoms with Crippen LogP contribution in [0.25, 0.3) is 22.2 Å². The lowest BCUT2D eigenvalue weighted by molar-refractivity contribution is -0.144. The van der Waals surface area contributed by atoms with Gasteiger partial charge in [0.1, 0.15) is 0 Å². The van der Waals surface area contributed by atoms with Gasteiger partial charge in [-0.05, 0) is 18.6 Å². The molecule has 1 amide bonds. The number of hydrogen-bond donors (Lipinski definition) is 2. The molecule has 0 radical (unpaired) electrons. The first-order chi connectivity index (χ1) is 16.0. The maximum Gasteiger partial charge on any atom is 0.333 e. The zero-order valence-corrected chi connectivity index (χ0v) is 17.9. The van der Waals surface area contributed by atoms with Crippen LogP contribution in [0.4, 0.5) is 0 Å². The van der Waals surface area contributed by atoms with E-state index in [0.29, 0.717) is 27.7 Å². The van der Waals surface area contributed by atoms with Gasteiger partial charge in [0.2, 0.25) is 0 Å². The lowest BCUT2D eigenvalue weighted by Gasteiger charge is -2.28. The molecule has 0 spiro atoms. The number of aliphatic carboxylic acids is 1. The molecule has 33 heavy (non-hydrogen) atoms. The summed E-state index contributed by atoms with van der Waals surface area (Å²) in [6, 6.07) is 27.2. The highest BCUT2D eigenvalue weighted by Crippen LogP contribution is 2.32. The van der Waals surface area contributed by atoms with Gasteiger partial charge in [-0.25, -0.2) is 9.78 Å². The van der Waals surface area contributed by atoms with Gasteiger partial charge in [-0.3, -0.25) is 4.79 Å². The Labute approximate surface area is 191 Å². The van der Waals surface area contributed by atoms with E-state index in [1.807, 2.05) is 36.4 Å². The molecule has 0 saturated heterocycles. The molecule has 0 bridgehead atoms. The molecular formula is C27H21N3O3. The molecule has 4 rings (SSSR count). The summed E-state index contributed by atoms with van der Waals surface area (Å²) in [4.78, 5) is 30.7. The predicted molar refractivity (Wildman–Crippen MR) is 125 cm³/mol. The summed E-state index contributed by atoms with van der Waals surface area (Å²) in [7, 11) is 0. The average Bonchev–Trinajstić information content (AvgIpc) is 2.84. The second-order valence-corrected chi connectivity index (χ2v) is 7.78. The number of pyridine rings is 1. The van der Waals surface area contributed by atoms with Crippen molar-refractivity contribution in [3.8, 4) is 17.3 Å². The molecule has 0 aliphatic carbocycles. The molecule has 1 heterocycles. The van der Waals surface area contributed by atoms with Gasteiger partial charge in [-0.2, -0.15) is 5.26 Å². The molecule has 0 saturated carbocycles. The molecule has 4 aromatic rings. The van der Waals surface area contributed by atoms with Crippen molar-refractivity contribution < 1.29 is 14.7 Å². The van der Waals surface area contributed by atoms with E-state index in [1.54, 1.807) is 48.5 Å². The number of rotatable bonds is 6. The van der Waals surface area contributed by atoms with Crippen molar-refractivity contribution in [1.82, 2.24) is 10.3 Å². The van der Waals surface area contributed by atoms with Crippen LogP contribution in [0.1, 0.15) is 28.4 Å². The molecule has 0 aliphatic rings. The first-order valence-electron chi connectivity index (χ1n) is 10.4. The molecule has 6 heteroatoms. The third-order valence-electron chi connectivity index (χ3n) is 5.67. The minimum atomic E-state index is -1.67. The number of carboxylic acid groups (broad SMARTS) is 1. The van der Waals surface area contributed by atoms with Crippen LogP contribution in [-0.2, 0) is 16.8 Å². The second kappa shape index (κ2) is 8.93. The average molecular weight is 435 g/mol.